The van der Waals surface area contributed by atoms with Crippen molar-refractivity contribution in [2.45, 2.75) is 305 Å². The molecule has 2 aromatic rings. The SMILES string of the molecule is C=CCCCCCCCCCNc1c(CCCCC)cc(CCCCC)c(CCCCC)c1Cc1c(CCCCC)c(CCCCC)cc(CCCCC)c1NCCCCCCCCCC=C. The monoisotopic (exact) mass is 923 g/mol. The fourth-order valence-corrected chi connectivity index (χ4v) is 10.7. The molecule has 0 unspecified atom stereocenters. The van der Waals surface area contributed by atoms with E-state index in [1.807, 2.05) is 0 Å². The summed E-state index contributed by atoms with van der Waals surface area (Å²) < 4.78 is 0. The van der Waals surface area contributed by atoms with Crippen LogP contribution in [0.2, 0.25) is 0 Å². The minimum Gasteiger partial charge on any atom is -0.385 e. The molecule has 384 valence electrons. The Morgan fingerprint density at radius 2 is 0.597 bits per heavy atom. The summed E-state index contributed by atoms with van der Waals surface area (Å²) in [6, 6.07) is 5.50. The zero-order chi connectivity index (χ0) is 48.4. The summed E-state index contributed by atoms with van der Waals surface area (Å²) in [6.07, 6.45) is 57.1. The average molecular weight is 924 g/mol. The fourth-order valence-electron chi connectivity index (χ4n) is 10.7. The van der Waals surface area contributed by atoms with E-state index >= 15 is 0 Å². The first-order valence-electron chi connectivity index (χ1n) is 30.1. The van der Waals surface area contributed by atoms with Gasteiger partial charge in [0.25, 0.3) is 0 Å². The molecule has 0 amide bonds. The van der Waals surface area contributed by atoms with Crippen molar-refractivity contribution in [3.63, 3.8) is 0 Å². The maximum Gasteiger partial charge on any atom is 0.0411 e. The lowest BCUT2D eigenvalue weighted by Crippen LogP contribution is -2.17. The van der Waals surface area contributed by atoms with Gasteiger partial charge in [-0.1, -0.05) is 207 Å². The predicted molar refractivity (Wildman–Crippen MR) is 306 cm³/mol. The van der Waals surface area contributed by atoms with E-state index in [4.69, 9.17) is 0 Å². The number of hydrogen-bond donors (Lipinski definition) is 2. The summed E-state index contributed by atoms with van der Waals surface area (Å²) in [5.74, 6) is 0. The number of allylic oxidation sites excluding steroid dienone is 2. The van der Waals surface area contributed by atoms with Crippen molar-refractivity contribution < 1.29 is 0 Å². The first-order valence-corrected chi connectivity index (χ1v) is 30.1. The maximum atomic E-state index is 4.33. The Bertz CT molecular complexity index is 1390. The Labute approximate surface area is 420 Å². The zero-order valence-electron chi connectivity index (χ0n) is 46.1. The first kappa shape index (κ1) is 60.6. The second-order valence-electron chi connectivity index (χ2n) is 20.9. The van der Waals surface area contributed by atoms with E-state index in [2.05, 4.69) is 89.6 Å². The lowest BCUT2D eigenvalue weighted by Gasteiger charge is -2.28. The van der Waals surface area contributed by atoms with Crippen LogP contribution in [0, 0.1) is 0 Å². The molecule has 2 N–H and O–H groups in total. The van der Waals surface area contributed by atoms with E-state index in [-0.39, 0.29) is 0 Å². The second kappa shape index (κ2) is 42.4. The normalized spacial score (nSPS) is 11.4. The molecule has 0 radical (unpaired) electrons. The Morgan fingerprint density at radius 1 is 0.313 bits per heavy atom. The van der Waals surface area contributed by atoms with Crippen molar-refractivity contribution in [2.24, 2.45) is 0 Å². The highest BCUT2D eigenvalue weighted by molar-refractivity contribution is 5.69. The number of unbranched alkanes of at least 4 members (excludes halogenated alkanes) is 26. The van der Waals surface area contributed by atoms with Crippen LogP contribution in [0.15, 0.2) is 37.4 Å². The highest BCUT2D eigenvalue weighted by Crippen LogP contribution is 2.40. The lowest BCUT2D eigenvalue weighted by molar-refractivity contribution is 0.587. The average Bonchev–Trinajstić information content (AvgIpc) is 3.33. The summed E-state index contributed by atoms with van der Waals surface area (Å²) >= 11 is 0. The van der Waals surface area contributed by atoms with Gasteiger partial charge in [-0.3, -0.25) is 0 Å². The van der Waals surface area contributed by atoms with E-state index in [1.54, 1.807) is 55.9 Å². The molecule has 0 saturated carbocycles. The summed E-state index contributed by atoms with van der Waals surface area (Å²) in [4.78, 5) is 0. The van der Waals surface area contributed by atoms with Crippen LogP contribution in [0.4, 0.5) is 11.4 Å². The first-order chi connectivity index (χ1) is 33.0. The number of benzene rings is 2. The Hall–Kier alpha value is -2.48. The van der Waals surface area contributed by atoms with Gasteiger partial charge in [-0.2, -0.15) is 0 Å². The quantitative estimate of drug-likeness (QED) is 0.0510. The third kappa shape index (κ3) is 26.3. The molecule has 2 aromatic carbocycles. The van der Waals surface area contributed by atoms with E-state index in [0.717, 1.165) is 19.5 Å². The van der Waals surface area contributed by atoms with Crippen LogP contribution >= 0.6 is 0 Å². The van der Waals surface area contributed by atoms with Crippen molar-refractivity contribution in [3.05, 3.63) is 82.0 Å². The van der Waals surface area contributed by atoms with Gasteiger partial charge in [-0.15, -0.1) is 13.2 Å². The summed E-state index contributed by atoms with van der Waals surface area (Å²) in [5, 5.41) is 8.66. The molecule has 2 heteroatoms. The number of anilines is 2. The molecule has 2 nitrogen and oxygen atoms in total. The van der Waals surface area contributed by atoms with Gasteiger partial charge in [0.15, 0.2) is 0 Å². The van der Waals surface area contributed by atoms with Gasteiger partial charge in [0.2, 0.25) is 0 Å². The molecule has 0 bridgehead atoms. The van der Waals surface area contributed by atoms with Crippen LogP contribution in [0.1, 0.15) is 304 Å². The Balaban J connectivity index is 2.88. The molecule has 0 spiro atoms. The lowest BCUT2D eigenvalue weighted by atomic mass is 9.81. The number of rotatable bonds is 48. The number of hydrogen-bond acceptors (Lipinski definition) is 2. The van der Waals surface area contributed by atoms with Crippen LogP contribution in [0.25, 0.3) is 0 Å². The number of aryl methyl sites for hydroxylation is 4. The van der Waals surface area contributed by atoms with Crippen molar-refractivity contribution in [1.82, 2.24) is 0 Å². The summed E-state index contributed by atoms with van der Waals surface area (Å²) in [5.41, 5.74) is 16.6. The molecule has 0 aliphatic carbocycles. The smallest absolute Gasteiger partial charge is 0.0411 e. The molecule has 0 heterocycles. The maximum absolute atomic E-state index is 4.33. The van der Waals surface area contributed by atoms with E-state index in [1.165, 1.54) is 257 Å². The zero-order valence-corrected chi connectivity index (χ0v) is 46.1. The van der Waals surface area contributed by atoms with Crippen LogP contribution < -0.4 is 10.6 Å². The van der Waals surface area contributed by atoms with Crippen molar-refractivity contribution in [2.75, 3.05) is 23.7 Å². The Kier molecular flexibility index (Phi) is 38.4. The van der Waals surface area contributed by atoms with Gasteiger partial charge in [0, 0.05) is 30.9 Å². The summed E-state index contributed by atoms with van der Waals surface area (Å²) in [6.45, 7) is 24.4. The van der Waals surface area contributed by atoms with Gasteiger partial charge in [0.05, 0.1) is 0 Å². The summed E-state index contributed by atoms with van der Waals surface area (Å²) in [7, 11) is 0. The van der Waals surface area contributed by atoms with Crippen LogP contribution in [0.5, 0.6) is 0 Å². The molecule has 0 aliphatic heterocycles. The van der Waals surface area contributed by atoms with E-state index in [0.29, 0.717) is 0 Å². The minimum atomic E-state index is 1.08. The predicted octanol–water partition coefficient (Wildman–Crippen LogP) is 21.1. The molecule has 0 aliphatic rings. The third-order valence-electron chi connectivity index (χ3n) is 14.8. The second-order valence-corrected chi connectivity index (χ2v) is 20.9. The minimum absolute atomic E-state index is 1.08. The van der Waals surface area contributed by atoms with Gasteiger partial charge in [0.1, 0.15) is 0 Å². The molecular formula is C65H114N2. The van der Waals surface area contributed by atoms with Crippen molar-refractivity contribution in [3.8, 4) is 0 Å². The van der Waals surface area contributed by atoms with Gasteiger partial charge in [-0.05, 0) is 160 Å². The molecule has 0 aromatic heterocycles. The van der Waals surface area contributed by atoms with Gasteiger partial charge >= 0.3 is 0 Å². The molecule has 67 heavy (non-hydrogen) atoms. The Morgan fingerprint density at radius 3 is 0.910 bits per heavy atom. The van der Waals surface area contributed by atoms with E-state index in [9.17, 15) is 0 Å². The van der Waals surface area contributed by atoms with Crippen molar-refractivity contribution in [1.29, 1.82) is 0 Å². The third-order valence-corrected chi connectivity index (χ3v) is 14.8. The van der Waals surface area contributed by atoms with Crippen LogP contribution in [0.3, 0.4) is 0 Å². The highest BCUT2D eigenvalue weighted by atomic mass is 14.9. The largest absolute Gasteiger partial charge is 0.385 e. The van der Waals surface area contributed by atoms with E-state index < -0.39 is 0 Å². The van der Waals surface area contributed by atoms with Crippen molar-refractivity contribution >= 4 is 11.4 Å². The topological polar surface area (TPSA) is 24.1 Å². The highest BCUT2D eigenvalue weighted by Gasteiger charge is 2.24. The van der Waals surface area contributed by atoms with Gasteiger partial charge < -0.3 is 10.6 Å². The number of nitrogens with one attached hydrogen (secondary N) is 2. The molecular weight excluding hydrogens is 809 g/mol. The molecule has 0 atom stereocenters. The molecule has 0 fully saturated rings. The fraction of sp³-hybridized carbons (Fsp3) is 0.754. The van der Waals surface area contributed by atoms with Crippen LogP contribution in [-0.4, -0.2) is 13.1 Å². The van der Waals surface area contributed by atoms with Gasteiger partial charge in [-0.25, -0.2) is 0 Å². The molecule has 0 saturated heterocycles. The molecule has 2 rings (SSSR count). The standard InChI is InChI=1S/C65H114N2/c1-9-17-25-27-29-31-33-35-43-51-66-64-58(47-39-21-13-5)53-56(45-37-19-11-3)60(49-41-23-15-7)62(64)55-63-61(50-42-24-16-8)57(46-38-20-12-4)54-59(48-40-22-14-6)65(63)67-52-44-36-34-32-30-28-26-18-10-2/h9-10,53-54,66-67H,1-2,11-52,55H2,3-8H3. The van der Waals surface area contributed by atoms with Crippen LogP contribution in [-0.2, 0) is 44.9 Å².